The molecule has 0 spiro atoms. The van der Waals surface area contributed by atoms with Crippen molar-refractivity contribution >= 4 is 34.3 Å². The summed E-state index contributed by atoms with van der Waals surface area (Å²) in [6.07, 6.45) is 0.985. The van der Waals surface area contributed by atoms with E-state index in [-0.39, 0.29) is 5.78 Å². The summed E-state index contributed by atoms with van der Waals surface area (Å²) in [5.41, 5.74) is 1.13. The van der Waals surface area contributed by atoms with Crippen LogP contribution in [-0.2, 0) is 20.7 Å². The molecule has 0 amide bonds. The summed E-state index contributed by atoms with van der Waals surface area (Å²) in [6.45, 7) is 5.39. The van der Waals surface area contributed by atoms with E-state index < -0.39 is 17.6 Å². The van der Waals surface area contributed by atoms with Gasteiger partial charge in [0.15, 0.2) is 11.8 Å². The Hall–Kier alpha value is -1.81. The lowest BCUT2D eigenvalue weighted by molar-refractivity contribution is -0.161. The number of aromatic nitrogens is 1. The van der Waals surface area contributed by atoms with Crippen LogP contribution in [0.25, 0.3) is 10.9 Å². The monoisotopic (exact) mass is 319 g/mol. The minimum Gasteiger partial charge on any atom is -0.458 e. The van der Waals surface area contributed by atoms with Crippen molar-refractivity contribution < 1.29 is 14.3 Å². The second-order valence-corrected chi connectivity index (χ2v) is 7.05. The van der Waals surface area contributed by atoms with Crippen molar-refractivity contribution in [3.05, 3.63) is 35.0 Å². The van der Waals surface area contributed by atoms with Gasteiger partial charge in [-0.3, -0.25) is 4.79 Å². The van der Waals surface area contributed by atoms with Gasteiger partial charge in [0.05, 0.1) is 5.52 Å². The Morgan fingerprint density at radius 3 is 2.68 bits per heavy atom. The number of hydrogen-bond acceptors (Lipinski definition) is 3. The van der Waals surface area contributed by atoms with Gasteiger partial charge in [0.2, 0.25) is 0 Å². The molecule has 1 unspecified atom stereocenters. The van der Waals surface area contributed by atoms with Crippen molar-refractivity contribution in [1.29, 1.82) is 0 Å². The average molecular weight is 320 g/mol. The number of carbonyl (C=O) groups excluding carboxylic acids is 2. The van der Waals surface area contributed by atoms with Crippen LogP contribution in [0.5, 0.6) is 0 Å². The molecule has 1 aliphatic heterocycles. The first-order valence-corrected chi connectivity index (χ1v) is 7.69. The van der Waals surface area contributed by atoms with Crippen molar-refractivity contribution in [2.75, 3.05) is 0 Å². The van der Waals surface area contributed by atoms with Gasteiger partial charge in [0.25, 0.3) is 0 Å². The molecule has 0 radical (unpaired) electrons. The fraction of sp³-hybridized carbons (Fsp3) is 0.412. The molecular formula is C17H18ClNO3. The topological polar surface area (TPSA) is 48.3 Å². The lowest BCUT2D eigenvalue weighted by Gasteiger charge is -2.28. The van der Waals surface area contributed by atoms with E-state index in [0.29, 0.717) is 17.9 Å². The Bertz CT molecular complexity index is 770. The van der Waals surface area contributed by atoms with Gasteiger partial charge in [-0.2, -0.15) is 0 Å². The van der Waals surface area contributed by atoms with Gasteiger partial charge < -0.3 is 9.30 Å². The van der Waals surface area contributed by atoms with Crippen molar-refractivity contribution in [3.63, 3.8) is 0 Å². The smallest absolute Gasteiger partial charge is 0.337 e. The van der Waals surface area contributed by atoms with Crippen LogP contribution < -0.4 is 0 Å². The summed E-state index contributed by atoms with van der Waals surface area (Å²) >= 11 is 6.07. The Morgan fingerprint density at radius 2 is 2.00 bits per heavy atom. The number of halogens is 1. The van der Waals surface area contributed by atoms with Gasteiger partial charge in [-0.25, -0.2) is 4.79 Å². The number of esters is 1. The number of Topliss-reactive ketones (excluding diaryl/α,β-unsaturated/α-hetero) is 1. The molecule has 0 fully saturated rings. The SMILES string of the molecule is CC(C)(C)OC(=O)C1C(=O)CCc2cc3ccc(Cl)cc3n21. The first kappa shape index (κ1) is 15.1. The van der Waals surface area contributed by atoms with Crippen LogP contribution in [0.2, 0.25) is 5.02 Å². The van der Waals surface area contributed by atoms with E-state index in [4.69, 9.17) is 16.3 Å². The number of fused-ring (bicyclic) bond motifs is 3. The highest BCUT2D eigenvalue weighted by Gasteiger charge is 2.37. The third kappa shape index (κ3) is 2.63. The van der Waals surface area contributed by atoms with Crippen LogP contribution in [0.1, 0.15) is 38.9 Å². The van der Waals surface area contributed by atoms with E-state index in [1.54, 1.807) is 37.5 Å². The Kier molecular flexibility index (Phi) is 3.52. The molecule has 1 atom stereocenters. The molecule has 1 aliphatic rings. The molecule has 0 bridgehead atoms. The predicted octanol–water partition coefficient (Wildman–Crippen LogP) is 3.69. The molecule has 0 N–H and O–H groups in total. The third-order valence-electron chi connectivity index (χ3n) is 3.70. The maximum Gasteiger partial charge on any atom is 0.337 e. The quantitative estimate of drug-likeness (QED) is 0.595. The van der Waals surface area contributed by atoms with E-state index in [0.717, 1.165) is 16.6 Å². The summed E-state index contributed by atoms with van der Waals surface area (Å²) in [4.78, 5) is 24.9. The molecule has 2 heterocycles. The zero-order valence-electron chi connectivity index (χ0n) is 12.9. The highest BCUT2D eigenvalue weighted by molar-refractivity contribution is 6.31. The lowest BCUT2D eigenvalue weighted by atomic mass is 10.0. The molecule has 0 saturated carbocycles. The lowest BCUT2D eigenvalue weighted by Crippen LogP contribution is -2.37. The van der Waals surface area contributed by atoms with Crippen LogP contribution in [0.4, 0.5) is 0 Å². The van der Waals surface area contributed by atoms with Crippen LogP contribution in [0.15, 0.2) is 24.3 Å². The van der Waals surface area contributed by atoms with Gasteiger partial charge in [0, 0.05) is 17.1 Å². The highest BCUT2D eigenvalue weighted by Crippen LogP contribution is 2.33. The first-order chi connectivity index (χ1) is 10.3. The molecule has 0 aliphatic carbocycles. The zero-order valence-corrected chi connectivity index (χ0v) is 13.6. The number of hydrogen-bond donors (Lipinski definition) is 0. The van der Waals surface area contributed by atoms with Crippen LogP contribution >= 0.6 is 11.6 Å². The predicted molar refractivity (Wildman–Crippen MR) is 85.2 cm³/mol. The molecule has 3 rings (SSSR count). The number of ketones is 1. The number of aryl methyl sites for hydroxylation is 1. The van der Waals surface area contributed by atoms with E-state index >= 15 is 0 Å². The van der Waals surface area contributed by atoms with Crippen molar-refractivity contribution in [2.45, 2.75) is 45.3 Å². The Labute approximate surface area is 134 Å². The molecule has 2 aromatic rings. The van der Waals surface area contributed by atoms with E-state index in [2.05, 4.69) is 0 Å². The van der Waals surface area contributed by atoms with Crippen LogP contribution in [0.3, 0.4) is 0 Å². The molecule has 1 aromatic carbocycles. The number of nitrogens with zero attached hydrogens (tertiary/aromatic N) is 1. The fourth-order valence-corrected chi connectivity index (χ4v) is 3.04. The average Bonchev–Trinajstić information content (AvgIpc) is 2.74. The number of rotatable bonds is 1. The minimum absolute atomic E-state index is 0.112. The fourth-order valence-electron chi connectivity index (χ4n) is 2.88. The second kappa shape index (κ2) is 5.13. The van der Waals surface area contributed by atoms with Gasteiger partial charge in [0.1, 0.15) is 5.60 Å². The summed E-state index contributed by atoms with van der Waals surface area (Å²) < 4.78 is 7.22. The minimum atomic E-state index is -0.918. The molecule has 0 saturated heterocycles. The van der Waals surface area contributed by atoms with Crippen molar-refractivity contribution in [2.24, 2.45) is 0 Å². The summed E-state index contributed by atoms with van der Waals surface area (Å²) in [7, 11) is 0. The van der Waals surface area contributed by atoms with E-state index in [1.165, 1.54) is 0 Å². The van der Waals surface area contributed by atoms with Crippen molar-refractivity contribution in [1.82, 2.24) is 4.57 Å². The molecular weight excluding hydrogens is 302 g/mol. The zero-order chi connectivity index (χ0) is 16.1. The van der Waals surface area contributed by atoms with E-state index in [1.807, 2.05) is 12.1 Å². The maximum absolute atomic E-state index is 12.5. The number of benzene rings is 1. The Morgan fingerprint density at radius 1 is 1.27 bits per heavy atom. The third-order valence-corrected chi connectivity index (χ3v) is 3.94. The molecule has 22 heavy (non-hydrogen) atoms. The normalized spacial score (nSPS) is 18.4. The molecule has 5 heteroatoms. The summed E-state index contributed by atoms with van der Waals surface area (Å²) in [5.74, 6) is -0.616. The van der Waals surface area contributed by atoms with Crippen LogP contribution in [0, 0.1) is 0 Å². The highest BCUT2D eigenvalue weighted by atomic mass is 35.5. The van der Waals surface area contributed by atoms with Gasteiger partial charge in [-0.15, -0.1) is 0 Å². The van der Waals surface area contributed by atoms with Gasteiger partial charge >= 0.3 is 5.97 Å². The Balaban J connectivity index is 2.13. The summed E-state index contributed by atoms with van der Waals surface area (Å²) in [5, 5.41) is 1.55. The van der Waals surface area contributed by atoms with Crippen LogP contribution in [-0.4, -0.2) is 21.9 Å². The maximum atomic E-state index is 12.5. The van der Waals surface area contributed by atoms with Gasteiger partial charge in [-0.05, 0) is 50.8 Å². The van der Waals surface area contributed by atoms with Gasteiger partial charge in [-0.1, -0.05) is 17.7 Å². The van der Waals surface area contributed by atoms with E-state index in [9.17, 15) is 9.59 Å². The van der Waals surface area contributed by atoms with Crippen molar-refractivity contribution in [3.8, 4) is 0 Å². The first-order valence-electron chi connectivity index (χ1n) is 7.31. The molecule has 116 valence electrons. The summed E-state index contributed by atoms with van der Waals surface area (Å²) in [6, 6.07) is 6.59. The second-order valence-electron chi connectivity index (χ2n) is 6.61. The standard InChI is InChI=1S/C17H18ClNO3/c1-17(2,3)22-16(21)15-14(20)7-6-12-8-10-4-5-11(18)9-13(10)19(12)15/h4-5,8-9,15H,6-7H2,1-3H3. The largest absolute Gasteiger partial charge is 0.458 e. The molecule has 1 aromatic heterocycles. The number of ether oxygens (including phenoxy) is 1. The number of carbonyl (C=O) groups is 2. The molecule has 4 nitrogen and oxygen atoms in total.